The second-order valence-corrected chi connectivity index (χ2v) is 4.53. The maximum atomic E-state index is 11.0. The molecule has 1 amide bonds. The van der Waals surface area contributed by atoms with Gasteiger partial charge < -0.3 is 15.8 Å². The van der Waals surface area contributed by atoms with Gasteiger partial charge in [0, 0.05) is 24.6 Å². The van der Waals surface area contributed by atoms with Gasteiger partial charge in [0.15, 0.2) is 5.01 Å². The maximum Gasteiger partial charge on any atom is 0.277 e. The van der Waals surface area contributed by atoms with Crippen LogP contribution in [0, 0.1) is 6.92 Å². The molecule has 90 valence electrons. The number of nitrogens with zero attached hydrogens (tertiary/aromatic N) is 1. The lowest BCUT2D eigenvalue weighted by atomic mass is 10.2. The molecule has 0 aliphatic heterocycles. The minimum Gasteiger partial charge on any atom is -0.383 e. The number of thiazole rings is 1. The minimum absolute atomic E-state index is 0.153. The van der Waals surface area contributed by atoms with E-state index in [1.807, 2.05) is 13.8 Å². The normalized spacial score (nSPS) is 12.7. The van der Waals surface area contributed by atoms with Gasteiger partial charge in [-0.2, -0.15) is 0 Å². The number of hydrogen-bond donors (Lipinski definition) is 2. The lowest BCUT2D eigenvalue weighted by molar-refractivity contribution is 0.1000. The van der Waals surface area contributed by atoms with Gasteiger partial charge in [0.2, 0.25) is 0 Å². The number of methoxy groups -OCH3 is 1. The summed E-state index contributed by atoms with van der Waals surface area (Å²) in [5.74, 6) is -0.469. The van der Waals surface area contributed by atoms with Gasteiger partial charge in [-0.3, -0.25) is 4.79 Å². The molecule has 1 unspecified atom stereocenters. The monoisotopic (exact) mass is 243 g/mol. The smallest absolute Gasteiger partial charge is 0.277 e. The van der Waals surface area contributed by atoms with E-state index in [0.717, 1.165) is 17.1 Å². The van der Waals surface area contributed by atoms with Crippen molar-refractivity contribution < 1.29 is 9.53 Å². The van der Waals surface area contributed by atoms with Crippen molar-refractivity contribution >= 4 is 17.2 Å². The van der Waals surface area contributed by atoms with E-state index in [9.17, 15) is 4.79 Å². The summed E-state index contributed by atoms with van der Waals surface area (Å²) in [5, 5.41) is 3.65. The van der Waals surface area contributed by atoms with Gasteiger partial charge in [-0.05, 0) is 13.8 Å². The van der Waals surface area contributed by atoms with Crippen molar-refractivity contribution in [1.82, 2.24) is 10.3 Å². The lowest BCUT2D eigenvalue weighted by Gasteiger charge is -2.11. The zero-order valence-electron chi connectivity index (χ0n) is 9.74. The molecule has 0 spiro atoms. The molecule has 0 saturated carbocycles. The second-order valence-electron chi connectivity index (χ2n) is 3.50. The van der Waals surface area contributed by atoms with Gasteiger partial charge in [-0.15, -0.1) is 11.3 Å². The molecule has 0 fully saturated rings. The number of rotatable bonds is 6. The number of ether oxygens (including phenoxy) is 1. The van der Waals surface area contributed by atoms with E-state index in [1.165, 1.54) is 11.3 Å². The average Bonchev–Trinajstić information content (AvgIpc) is 2.61. The Kier molecular flexibility index (Phi) is 4.85. The van der Waals surface area contributed by atoms with Gasteiger partial charge in [0.1, 0.15) is 0 Å². The Balaban J connectivity index is 2.67. The molecule has 5 nitrogen and oxygen atoms in total. The second kappa shape index (κ2) is 5.93. The first kappa shape index (κ1) is 13.1. The average molecular weight is 243 g/mol. The summed E-state index contributed by atoms with van der Waals surface area (Å²) < 4.78 is 4.95. The van der Waals surface area contributed by atoms with Gasteiger partial charge in [-0.25, -0.2) is 4.98 Å². The zero-order valence-corrected chi connectivity index (χ0v) is 10.6. The molecule has 0 aliphatic carbocycles. The van der Waals surface area contributed by atoms with Crippen LogP contribution in [-0.2, 0) is 4.74 Å². The van der Waals surface area contributed by atoms with Crippen molar-refractivity contribution in [3.05, 3.63) is 15.6 Å². The van der Waals surface area contributed by atoms with Crippen molar-refractivity contribution in [3.63, 3.8) is 0 Å². The molecule has 0 bridgehead atoms. The molecule has 0 saturated heterocycles. The summed E-state index contributed by atoms with van der Waals surface area (Å²) in [7, 11) is 1.66. The molecule has 1 rings (SSSR count). The summed E-state index contributed by atoms with van der Waals surface area (Å²) in [4.78, 5) is 16.2. The molecule has 16 heavy (non-hydrogen) atoms. The number of primary amides is 1. The predicted molar refractivity (Wildman–Crippen MR) is 63.7 cm³/mol. The molecule has 6 heteroatoms. The molecule has 1 heterocycles. The first-order chi connectivity index (χ1) is 7.56. The number of nitrogens with one attached hydrogen (secondary N) is 1. The number of aryl methyl sites for hydroxylation is 1. The molecular formula is C10H17N3O2S. The van der Waals surface area contributed by atoms with Crippen LogP contribution in [0.1, 0.15) is 33.3 Å². The Morgan fingerprint density at radius 1 is 1.69 bits per heavy atom. The highest BCUT2D eigenvalue weighted by Gasteiger charge is 2.16. The highest BCUT2D eigenvalue weighted by Crippen LogP contribution is 2.24. The summed E-state index contributed by atoms with van der Waals surface area (Å²) in [5.41, 5.74) is 6.04. The maximum absolute atomic E-state index is 11.0. The van der Waals surface area contributed by atoms with Crippen LogP contribution in [0.3, 0.4) is 0 Å². The Morgan fingerprint density at radius 3 is 2.88 bits per heavy atom. The van der Waals surface area contributed by atoms with Gasteiger partial charge in [-0.1, -0.05) is 0 Å². The molecule has 1 aromatic heterocycles. The Hall–Kier alpha value is -0.980. The predicted octanol–water partition coefficient (Wildman–Crippen LogP) is 0.847. The fraction of sp³-hybridized carbons (Fsp3) is 0.600. The van der Waals surface area contributed by atoms with E-state index < -0.39 is 5.91 Å². The number of amides is 1. The Labute approximate surface area is 99.0 Å². The van der Waals surface area contributed by atoms with Crippen molar-refractivity contribution in [2.24, 2.45) is 5.73 Å². The van der Waals surface area contributed by atoms with Crippen molar-refractivity contribution in [2.75, 3.05) is 20.3 Å². The van der Waals surface area contributed by atoms with E-state index in [2.05, 4.69) is 10.3 Å². The molecular weight excluding hydrogens is 226 g/mol. The number of nitrogens with two attached hydrogens (primary N) is 1. The van der Waals surface area contributed by atoms with Crippen LogP contribution in [0.4, 0.5) is 0 Å². The molecule has 0 aromatic carbocycles. The highest BCUT2D eigenvalue weighted by atomic mass is 32.1. The van der Waals surface area contributed by atoms with Gasteiger partial charge in [0.25, 0.3) is 5.91 Å². The Morgan fingerprint density at radius 2 is 2.38 bits per heavy atom. The van der Waals surface area contributed by atoms with E-state index in [4.69, 9.17) is 10.5 Å². The third-order valence-electron chi connectivity index (χ3n) is 2.19. The molecule has 0 radical (unpaired) electrons. The van der Waals surface area contributed by atoms with Crippen LogP contribution in [0.5, 0.6) is 0 Å². The lowest BCUT2D eigenvalue weighted by Crippen LogP contribution is -2.22. The number of aromatic nitrogens is 1. The fourth-order valence-electron chi connectivity index (χ4n) is 1.39. The summed E-state index contributed by atoms with van der Waals surface area (Å²) in [6, 6.07) is 0.153. The third kappa shape index (κ3) is 3.26. The van der Waals surface area contributed by atoms with E-state index >= 15 is 0 Å². The summed E-state index contributed by atoms with van der Waals surface area (Å²) in [6.45, 7) is 5.33. The summed E-state index contributed by atoms with van der Waals surface area (Å²) >= 11 is 1.34. The quantitative estimate of drug-likeness (QED) is 0.726. The fourth-order valence-corrected chi connectivity index (χ4v) is 2.33. The molecule has 1 aromatic rings. The van der Waals surface area contributed by atoms with E-state index in [-0.39, 0.29) is 6.04 Å². The first-order valence-electron chi connectivity index (χ1n) is 5.05. The number of hydrogen-bond acceptors (Lipinski definition) is 5. The highest BCUT2D eigenvalue weighted by molar-refractivity contribution is 7.13. The third-order valence-corrected chi connectivity index (χ3v) is 3.55. The van der Waals surface area contributed by atoms with E-state index in [1.54, 1.807) is 7.11 Å². The van der Waals surface area contributed by atoms with Crippen LogP contribution >= 0.6 is 11.3 Å². The van der Waals surface area contributed by atoms with E-state index in [0.29, 0.717) is 11.6 Å². The molecule has 0 aliphatic rings. The largest absolute Gasteiger partial charge is 0.383 e. The van der Waals surface area contributed by atoms with Crippen molar-refractivity contribution in [3.8, 4) is 0 Å². The van der Waals surface area contributed by atoms with Crippen molar-refractivity contribution in [1.29, 1.82) is 0 Å². The first-order valence-corrected chi connectivity index (χ1v) is 5.87. The minimum atomic E-state index is -0.469. The van der Waals surface area contributed by atoms with Gasteiger partial charge in [0.05, 0.1) is 12.3 Å². The van der Waals surface area contributed by atoms with Gasteiger partial charge >= 0.3 is 0 Å². The number of carbonyl (C=O) groups is 1. The zero-order chi connectivity index (χ0) is 12.1. The van der Waals surface area contributed by atoms with Crippen LogP contribution in [0.15, 0.2) is 0 Å². The van der Waals surface area contributed by atoms with Crippen LogP contribution in [0.25, 0.3) is 0 Å². The SMILES string of the molecule is COCCNC(C)c1sc(C(N)=O)nc1C. The van der Waals surface area contributed by atoms with Crippen molar-refractivity contribution in [2.45, 2.75) is 19.9 Å². The molecule has 3 N–H and O–H groups in total. The van der Waals surface area contributed by atoms with Crippen LogP contribution in [-0.4, -0.2) is 31.2 Å². The Bertz CT molecular complexity index is 365. The molecule has 1 atom stereocenters. The number of carbonyl (C=O) groups excluding carboxylic acids is 1. The topological polar surface area (TPSA) is 77.2 Å². The standard InChI is InChI=1S/C10H17N3O2S/c1-6(12-4-5-15-3)8-7(2)13-10(16-8)9(11)14/h6,12H,4-5H2,1-3H3,(H2,11,14). The van der Waals surface area contributed by atoms with Crippen LogP contribution < -0.4 is 11.1 Å². The summed E-state index contributed by atoms with van der Waals surface area (Å²) in [6.07, 6.45) is 0. The van der Waals surface area contributed by atoms with Crippen LogP contribution in [0.2, 0.25) is 0 Å².